The summed E-state index contributed by atoms with van der Waals surface area (Å²) in [7, 11) is 0. The van der Waals surface area contributed by atoms with E-state index >= 15 is 0 Å². The summed E-state index contributed by atoms with van der Waals surface area (Å²) in [6, 6.07) is 10.9. The highest BCUT2D eigenvalue weighted by Crippen LogP contribution is 2.33. The molecule has 1 saturated carbocycles. The van der Waals surface area contributed by atoms with E-state index in [2.05, 4.69) is 55.4 Å². The number of pyridine rings is 1. The van der Waals surface area contributed by atoms with Crippen molar-refractivity contribution >= 4 is 28.4 Å². The number of nitrogens with one attached hydrogen (secondary N) is 1. The van der Waals surface area contributed by atoms with Crippen LogP contribution in [0.15, 0.2) is 42.7 Å². The molecule has 9 nitrogen and oxygen atoms in total. The van der Waals surface area contributed by atoms with Crippen molar-refractivity contribution in [2.45, 2.75) is 37.8 Å². The van der Waals surface area contributed by atoms with Crippen molar-refractivity contribution in [2.24, 2.45) is 0 Å². The van der Waals surface area contributed by atoms with E-state index in [-0.39, 0.29) is 6.10 Å². The second kappa shape index (κ2) is 10.8. The Bertz CT molecular complexity index is 1160. The van der Waals surface area contributed by atoms with E-state index in [9.17, 15) is 0 Å². The fraction of sp³-hybridized carbons (Fsp3) is 0.519. The second-order valence-electron chi connectivity index (χ2n) is 9.68. The number of ether oxygens (including phenoxy) is 3. The van der Waals surface area contributed by atoms with Gasteiger partial charge in [-0.3, -0.25) is 4.98 Å². The van der Waals surface area contributed by atoms with Crippen LogP contribution < -0.4 is 19.9 Å². The van der Waals surface area contributed by atoms with Gasteiger partial charge in [0, 0.05) is 56.4 Å². The van der Waals surface area contributed by atoms with Crippen molar-refractivity contribution in [3.8, 4) is 5.75 Å². The molecule has 2 saturated heterocycles. The molecule has 3 aliphatic rings. The average molecular weight is 491 g/mol. The van der Waals surface area contributed by atoms with Gasteiger partial charge in [-0.15, -0.1) is 0 Å². The Morgan fingerprint density at radius 1 is 0.833 bits per heavy atom. The van der Waals surface area contributed by atoms with E-state index in [4.69, 9.17) is 19.2 Å². The van der Waals surface area contributed by atoms with Gasteiger partial charge >= 0.3 is 0 Å². The van der Waals surface area contributed by atoms with Gasteiger partial charge in [-0.05, 0) is 43.9 Å². The van der Waals surface area contributed by atoms with Crippen LogP contribution in [0.5, 0.6) is 5.75 Å². The molecule has 1 aromatic carbocycles. The first kappa shape index (κ1) is 23.2. The van der Waals surface area contributed by atoms with Crippen molar-refractivity contribution in [1.82, 2.24) is 15.0 Å². The number of hydrogen-bond acceptors (Lipinski definition) is 9. The van der Waals surface area contributed by atoms with E-state index in [1.165, 1.54) is 0 Å². The Hall–Kier alpha value is -3.17. The first-order valence-corrected chi connectivity index (χ1v) is 13.1. The Morgan fingerprint density at radius 2 is 1.56 bits per heavy atom. The molecule has 0 spiro atoms. The molecule has 36 heavy (non-hydrogen) atoms. The van der Waals surface area contributed by atoms with Crippen molar-refractivity contribution < 1.29 is 14.2 Å². The first-order chi connectivity index (χ1) is 17.8. The SMILES string of the molecule is c1cc(NC2CCC(Oc3cc(N4CCOCC4)cc4nccnc34)CC2)nc(N2CCOCC2)c1. The summed E-state index contributed by atoms with van der Waals surface area (Å²) in [6.07, 6.45) is 7.72. The number of aromatic nitrogens is 3. The second-order valence-corrected chi connectivity index (χ2v) is 9.68. The van der Waals surface area contributed by atoms with Crippen molar-refractivity contribution in [3.63, 3.8) is 0 Å². The highest BCUT2D eigenvalue weighted by Gasteiger charge is 2.25. The van der Waals surface area contributed by atoms with Crippen LogP contribution >= 0.6 is 0 Å². The maximum atomic E-state index is 6.57. The summed E-state index contributed by atoms with van der Waals surface area (Å²) in [4.78, 5) is 18.6. The lowest BCUT2D eigenvalue weighted by Gasteiger charge is -2.32. The van der Waals surface area contributed by atoms with E-state index in [1.807, 2.05) is 0 Å². The van der Waals surface area contributed by atoms with Crippen molar-refractivity contribution in [3.05, 3.63) is 42.7 Å². The molecule has 1 aliphatic carbocycles. The van der Waals surface area contributed by atoms with Crippen LogP contribution in [-0.4, -0.2) is 79.7 Å². The lowest BCUT2D eigenvalue weighted by Crippen LogP contribution is -2.37. The maximum Gasteiger partial charge on any atom is 0.149 e. The van der Waals surface area contributed by atoms with Gasteiger partial charge in [0.05, 0.1) is 38.0 Å². The topological polar surface area (TPSA) is 84.9 Å². The molecule has 3 aromatic rings. The zero-order chi connectivity index (χ0) is 24.2. The monoisotopic (exact) mass is 490 g/mol. The molecule has 6 rings (SSSR count). The molecule has 2 aliphatic heterocycles. The van der Waals surface area contributed by atoms with Crippen LogP contribution in [0.2, 0.25) is 0 Å². The molecule has 190 valence electrons. The van der Waals surface area contributed by atoms with Gasteiger partial charge in [0.15, 0.2) is 0 Å². The third-order valence-corrected chi connectivity index (χ3v) is 7.29. The van der Waals surface area contributed by atoms with Crippen LogP contribution in [-0.2, 0) is 9.47 Å². The molecule has 0 bridgehead atoms. The van der Waals surface area contributed by atoms with Gasteiger partial charge in [0.2, 0.25) is 0 Å². The fourth-order valence-electron chi connectivity index (χ4n) is 5.31. The minimum atomic E-state index is 0.167. The summed E-state index contributed by atoms with van der Waals surface area (Å²) in [5.41, 5.74) is 2.83. The zero-order valence-corrected chi connectivity index (χ0v) is 20.6. The molecule has 0 atom stereocenters. The Labute approximate surface area is 211 Å². The zero-order valence-electron chi connectivity index (χ0n) is 20.6. The third-order valence-electron chi connectivity index (χ3n) is 7.29. The van der Waals surface area contributed by atoms with Gasteiger partial charge < -0.3 is 29.3 Å². The Kier molecular flexibility index (Phi) is 7.00. The number of nitrogens with zero attached hydrogens (tertiary/aromatic N) is 5. The number of morpholine rings is 2. The molecule has 1 N–H and O–H groups in total. The van der Waals surface area contributed by atoms with Gasteiger partial charge in [-0.25, -0.2) is 9.97 Å². The van der Waals surface area contributed by atoms with Crippen molar-refractivity contribution in [1.29, 1.82) is 0 Å². The predicted molar refractivity (Wildman–Crippen MR) is 140 cm³/mol. The number of benzene rings is 1. The lowest BCUT2D eigenvalue weighted by molar-refractivity contribution is 0.122. The molecule has 2 aromatic heterocycles. The van der Waals surface area contributed by atoms with E-state index in [1.54, 1.807) is 12.4 Å². The summed E-state index contributed by atoms with van der Waals surface area (Å²) >= 11 is 0. The van der Waals surface area contributed by atoms with E-state index < -0.39 is 0 Å². The molecule has 0 amide bonds. The highest BCUT2D eigenvalue weighted by molar-refractivity contribution is 5.85. The van der Waals surface area contributed by atoms with Crippen LogP contribution in [0, 0.1) is 0 Å². The molecule has 0 unspecified atom stereocenters. The van der Waals surface area contributed by atoms with E-state index in [0.717, 1.165) is 112 Å². The van der Waals surface area contributed by atoms with Crippen LogP contribution in [0.3, 0.4) is 0 Å². The Morgan fingerprint density at radius 3 is 2.33 bits per heavy atom. The standard InChI is InChI=1S/C27H34N6O3/c1-2-25(31-26(3-1)33-12-16-35-17-13-33)30-20-4-6-22(7-5-20)36-24-19-21(32-10-14-34-15-11-32)18-23-27(24)29-9-8-28-23/h1-3,8-9,18-20,22H,4-7,10-17H2,(H,30,31). The largest absolute Gasteiger partial charge is 0.488 e. The summed E-state index contributed by atoms with van der Waals surface area (Å²) in [6.45, 7) is 6.56. The fourth-order valence-corrected chi connectivity index (χ4v) is 5.31. The highest BCUT2D eigenvalue weighted by atomic mass is 16.5. The first-order valence-electron chi connectivity index (χ1n) is 13.1. The number of anilines is 3. The lowest BCUT2D eigenvalue weighted by atomic mass is 9.93. The minimum Gasteiger partial charge on any atom is -0.488 e. The van der Waals surface area contributed by atoms with Gasteiger partial charge in [-0.2, -0.15) is 0 Å². The molecular formula is C27H34N6O3. The maximum absolute atomic E-state index is 6.57. The van der Waals surface area contributed by atoms with E-state index in [0.29, 0.717) is 6.04 Å². The summed E-state index contributed by atoms with van der Waals surface area (Å²) < 4.78 is 17.6. The summed E-state index contributed by atoms with van der Waals surface area (Å²) in [5, 5.41) is 3.66. The summed E-state index contributed by atoms with van der Waals surface area (Å²) in [5.74, 6) is 2.80. The minimum absolute atomic E-state index is 0.167. The van der Waals surface area contributed by atoms with Gasteiger partial charge in [0.25, 0.3) is 0 Å². The normalized spacial score (nSPS) is 23.0. The molecule has 0 radical (unpaired) electrons. The smallest absolute Gasteiger partial charge is 0.149 e. The Balaban J connectivity index is 1.10. The van der Waals surface area contributed by atoms with Crippen LogP contribution in [0.1, 0.15) is 25.7 Å². The van der Waals surface area contributed by atoms with Gasteiger partial charge in [-0.1, -0.05) is 6.07 Å². The van der Waals surface area contributed by atoms with Crippen LogP contribution in [0.25, 0.3) is 11.0 Å². The molecule has 3 fully saturated rings. The predicted octanol–water partition coefficient (Wildman–Crippen LogP) is 3.50. The van der Waals surface area contributed by atoms with Crippen molar-refractivity contribution in [2.75, 3.05) is 67.7 Å². The number of hydrogen-bond donors (Lipinski definition) is 1. The van der Waals surface area contributed by atoms with Crippen LogP contribution in [0.4, 0.5) is 17.3 Å². The third kappa shape index (κ3) is 5.32. The number of rotatable bonds is 6. The molecular weight excluding hydrogens is 456 g/mol. The number of fused-ring (bicyclic) bond motifs is 1. The van der Waals surface area contributed by atoms with Gasteiger partial charge in [0.1, 0.15) is 22.9 Å². The average Bonchev–Trinajstić information content (AvgIpc) is 2.95. The quantitative estimate of drug-likeness (QED) is 0.558. The molecule has 4 heterocycles. The molecule has 9 heteroatoms.